The number of aromatic nitrogens is 2. The molecule has 0 fully saturated rings. The Hall–Kier alpha value is -3.12. The van der Waals surface area contributed by atoms with Gasteiger partial charge in [0.05, 0.1) is 11.2 Å². The molecule has 0 aliphatic heterocycles. The standard InChI is InChI=1S/C21H20N4OS/c1-14-8-9-19(26)18(13-14)24-21-23-17-7-3-2-6-16(17)20(25-21)22-11-10-15-5-4-12-27-15/h2-9,12-13,26H,10-11H2,1H3,(H2,22,23,24,25). The van der Waals surface area contributed by atoms with Crippen molar-refractivity contribution in [1.29, 1.82) is 0 Å². The third-order valence-corrected chi connectivity index (χ3v) is 5.18. The van der Waals surface area contributed by atoms with Gasteiger partial charge in [-0.05, 0) is 54.6 Å². The van der Waals surface area contributed by atoms with Crippen LogP contribution in [0.25, 0.3) is 10.9 Å². The molecule has 6 heteroatoms. The van der Waals surface area contributed by atoms with Crippen LogP contribution in [0.3, 0.4) is 0 Å². The average Bonchev–Trinajstić information content (AvgIpc) is 3.18. The highest BCUT2D eigenvalue weighted by Crippen LogP contribution is 2.28. The molecular weight excluding hydrogens is 356 g/mol. The van der Waals surface area contributed by atoms with Crippen molar-refractivity contribution in [3.05, 3.63) is 70.4 Å². The summed E-state index contributed by atoms with van der Waals surface area (Å²) in [5, 5.41) is 19.7. The van der Waals surface area contributed by atoms with E-state index in [-0.39, 0.29) is 5.75 Å². The number of rotatable bonds is 6. The van der Waals surface area contributed by atoms with Gasteiger partial charge < -0.3 is 15.7 Å². The number of para-hydroxylation sites is 1. The molecule has 0 amide bonds. The van der Waals surface area contributed by atoms with Gasteiger partial charge in [-0.15, -0.1) is 11.3 Å². The molecule has 4 rings (SSSR count). The lowest BCUT2D eigenvalue weighted by molar-refractivity contribution is 0.477. The molecular formula is C21H20N4OS. The van der Waals surface area contributed by atoms with E-state index in [2.05, 4.69) is 38.1 Å². The van der Waals surface area contributed by atoms with Gasteiger partial charge in [0.25, 0.3) is 0 Å². The summed E-state index contributed by atoms with van der Waals surface area (Å²) in [6.07, 6.45) is 0.942. The Kier molecular flexibility index (Phi) is 4.89. The number of nitrogens with zero attached hydrogens (tertiary/aromatic N) is 2. The Morgan fingerprint density at radius 1 is 1.04 bits per heavy atom. The highest BCUT2D eigenvalue weighted by atomic mass is 32.1. The molecule has 0 atom stereocenters. The first-order chi connectivity index (χ1) is 13.2. The molecule has 2 aromatic heterocycles. The largest absolute Gasteiger partial charge is 0.506 e. The molecule has 0 saturated heterocycles. The molecule has 136 valence electrons. The maximum absolute atomic E-state index is 10.1. The van der Waals surface area contributed by atoms with Crippen LogP contribution in [0.5, 0.6) is 5.75 Å². The number of hydrogen-bond donors (Lipinski definition) is 3. The van der Waals surface area contributed by atoms with Crippen molar-refractivity contribution < 1.29 is 5.11 Å². The average molecular weight is 376 g/mol. The molecule has 0 aliphatic rings. The predicted molar refractivity (Wildman–Crippen MR) is 112 cm³/mol. The normalized spacial score (nSPS) is 10.9. The molecule has 4 aromatic rings. The van der Waals surface area contributed by atoms with Crippen LogP contribution in [-0.2, 0) is 6.42 Å². The molecule has 3 N–H and O–H groups in total. The van der Waals surface area contributed by atoms with Crippen LogP contribution in [0.1, 0.15) is 10.4 Å². The zero-order valence-electron chi connectivity index (χ0n) is 14.9. The van der Waals surface area contributed by atoms with Gasteiger partial charge in [-0.25, -0.2) is 4.98 Å². The fraction of sp³-hybridized carbons (Fsp3) is 0.143. The summed E-state index contributed by atoms with van der Waals surface area (Å²) in [4.78, 5) is 10.6. The molecule has 0 spiro atoms. The molecule has 0 aliphatic carbocycles. The Bertz CT molecular complexity index is 1060. The number of hydrogen-bond acceptors (Lipinski definition) is 6. The highest BCUT2D eigenvalue weighted by molar-refractivity contribution is 7.09. The van der Waals surface area contributed by atoms with E-state index >= 15 is 0 Å². The van der Waals surface area contributed by atoms with Crippen molar-refractivity contribution in [1.82, 2.24) is 9.97 Å². The molecule has 0 bridgehead atoms. The summed E-state index contributed by atoms with van der Waals surface area (Å²) in [6.45, 7) is 2.76. The van der Waals surface area contributed by atoms with Crippen LogP contribution in [0.2, 0.25) is 0 Å². The Morgan fingerprint density at radius 3 is 2.78 bits per heavy atom. The minimum atomic E-state index is 0.171. The van der Waals surface area contributed by atoms with E-state index in [0.717, 1.165) is 35.2 Å². The van der Waals surface area contributed by atoms with Gasteiger partial charge in [0, 0.05) is 16.8 Å². The van der Waals surface area contributed by atoms with Crippen molar-refractivity contribution in [3.63, 3.8) is 0 Å². The monoisotopic (exact) mass is 376 g/mol. The topological polar surface area (TPSA) is 70.1 Å². The first-order valence-electron chi connectivity index (χ1n) is 8.79. The maximum atomic E-state index is 10.1. The minimum Gasteiger partial charge on any atom is -0.506 e. The molecule has 0 radical (unpaired) electrons. The number of aromatic hydroxyl groups is 1. The molecule has 27 heavy (non-hydrogen) atoms. The van der Waals surface area contributed by atoms with Crippen molar-refractivity contribution in [2.24, 2.45) is 0 Å². The van der Waals surface area contributed by atoms with Crippen LogP contribution in [0.4, 0.5) is 17.5 Å². The number of aryl methyl sites for hydroxylation is 1. The number of phenolic OH excluding ortho intramolecular Hbond substituents is 1. The van der Waals surface area contributed by atoms with E-state index in [1.54, 1.807) is 17.4 Å². The summed E-state index contributed by atoms with van der Waals surface area (Å²) < 4.78 is 0. The molecule has 2 heterocycles. The summed E-state index contributed by atoms with van der Waals surface area (Å²) in [7, 11) is 0. The van der Waals surface area contributed by atoms with Crippen LogP contribution in [0.15, 0.2) is 60.0 Å². The number of benzene rings is 2. The fourth-order valence-electron chi connectivity index (χ4n) is 2.90. The second-order valence-corrected chi connectivity index (χ2v) is 7.35. The summed E-state index contributed by atoms with van der Waals surface area (Å²) in [5.74, 6) is 1.41. The van der Waals surface area contributed by atoms with Crippen LogP contribution in [0, 0.1) is 6.92 Å². The van der Waals surface area contributed by atoms with Crippen molar-refractivity contribution in [3.8, 4) is 5.75 Å². The zero-order valence-corrected chi connectivity index (χ0v) is 15.8. The van der Waals surface area contributed by atoms with Gasteiger partial charge in [-0.3, -0.25) is 0 Å². The van der Waals surface area contributed by atoms with Crippen LogP contribution in [-0.4, -0.2) is 21.6 Å². The third kappa shape index (κ3) is 4.01. The van der Waals surface area contributed by atoms with Crippen molar-refractivity contribution in [2.75, 3.05) is 17.2 Å². The minimum absolute atomic E-state index is 0.171. The SMILES string of the molecule is Cc1ccc(O)c(Nc2nc(NCCc3cccs3)c3ccccc3n2)c1. The summed E-state index contributed by atoms with van der Waals surface area (Å²) >= 11 is 1.76. The van der Waals surface area contributed by atoms with Gasteiger partial charge in [-0.2, -0.15) is 4.98 Å². The second kappa shape index (κ2) is 7.63. The highest BCUT2D eigenvalue weighted by Gasteiger charge is 2.09. The molecule has 0 saturated carbocycles. The maximum Gasteiger partial charge on any atom is 0.229 e. The van der Waals surface area contributed by atoms with E-state index < -0.39 is 0 Å². The Balaban J connectivity index is 1.62. The van der Waals surface area contributed by atoms with Gasteiger partial charge >= 0.3 is 0 Å². The first-order valence-corrected chi connectivity index (χ1v) is 9.67. The lowest BCUT2D eigenvalue weighted by Crippen LogP contribution is -2.08. The lowest BCUT2D eigenvalue weighted by Gasteiger charge is -2.12. The van der Waals surface area contributed by atoms with E-state index in [9.17, 15) is 5.11 Å². The van der Waals surface area contributed by atoms with E-state index in [4.69, 9.17) is 0 Å². The number of nitrogens with one attached hydrogen (secondary N) is 2. The summed E-state index contributed by atoms with van der Waals surface area (Å²) in [5.41, 5.74) is 2.49. The van der Waals surface area contributed by atoms with E-state index in [0.29, 0.717) is 11.6 Å². The van der Waals surface area contributed by atoms with Crippen molar-refractivity contribution in [2.45, 2.75) is 13.3 Å². The lowest BCUT2D eigenvalue weighted by atomic mass is 10.2. The molecule has 5 nitrogen and oxygen atoms in total. The van der Waals surface area contributed by atoms with Gasteiger partial charge in [0.15, 0.2) is 0 Å². The van der Waals surface area contributed by atoms with Gasteiger partial charge in [0.2, 0.25) is 5.95 Å². The number of phenols is 1. The quantitative estimate of drug-likeness (QED) is 0.408. The van der Waals surface area contributed by atoms with Gasteiger partial charge in [-0.1, -0.05) is 24.3 Å². The third-order valence-electron chi connectivity index (χ3n) is 4.25. The number of anilines is 3. The first kappa shape index (κ1) is 17.3. The Labute approximate surface area is 161 Å². The smallest absolute Gasteiger partial charge is 0.229 e. The number of thiophene rings is 1. The second-order valence-electron chi connectivity index (χ2n) is 6.31. The summed E-state index contributed by atoms with van der Waals surface area (Å²) in [6, 6.07) is 17.5. The van der Waals surface area contributed by atoms with Crippen molar-refractivity contribution >= 4 is 39.7 Å². The predicted octanol–water partition coefficient (Wildman–Crippen LogP) is 5.10. The fourth-order valence-corrected chi connectivity index (χ4v) is 3.61. The van der Waals surface area contributed by atoms with Crippen LogP contribution >= 0.6 is 11.3 Å². The van der Waals surface area contributed by atoms with Crippen LogP contribution < -0.4 is 10.6 Å². The molecule has 0 unspecified atom stereocenters. The van der Waals surface area contributed by atoms with Gasteiger partial charge in [0.1, 0.15) is 11.6 Å². The zero-order chi connectivity index (χ0) is 18.6. The Morgan fingerprint density at radius 2 is 1.93 bits per heavy atom. The number of fused-ring (bicyclic) bond motifs is 1. The molecule has 2 aromatic carbocycles. The van der Waals surface area contributed by atoms with E-state index in [1.807, 2.05) is 43.3 Å². The van der Waals surface area contributed by atoms with E-state index in [1.165, 1.54) is 4.88 Å².